The van der Waals surface area contributed by atoms with Gasteiger partial charge in [0.1, 0.15) is 5.69 Å². The minimum atomic E-state index is -0.401. The van der Waals surface area contributed by atoms with E-state index in [1.165, 1.54) is 0 Å². The molecule has 1 aliphatic rings. The molecule has 2 atom stereocenters. The van der Waals surface area contributed by atoms with E-state index in [1.54, 1.807) is 25.1 Å². The summed E-state index contributed by atoms with van der Waals surface area (Å²) < 4.78 is 10.8. The van der Waals surface area contributed by atoms with Crippen LogP contribution in [0.4, 0.5) is 11.4 Å². The lowest BCUT2D eigenvalue weighted by Crippen LogP contribution is -2.21. The van der Waals surface area contributed by atoms with E-state index < -0.39 is 4.92 Å². The summed E-state index contributed by atoms with van der Waals surface area (Å²) in [6.45, 7) is 5.66. The van der Waals surface area contributed by atoms with E-state index in [9.17, 15) is 10.1 Å². The molecule has 0 radical (unpaired) electrons. The lowest BCUT2D eigenvalue weighted by Gasteiger charge is -2.16. The van der Waals surface area contributed by atoms with Gasteiger partial charge >= 0.3 is 5.69 Å². The second-order valence-electron chi connectivity index (χ2n) is 4.85. The zero-order chi connectivity index (χ0) is 14.5. The molecule has 1 heterocycles. The third kappa shape index (κ3) is 3.19. The molecule has 1 saturated heterocycles. The number of para-hydroxylation sites is 1. The van der Waals surface area contributed by atoms with E-state index in [4.69, 9.17) is 9.47 Å². The van der Waals surface area contributed by atoms with Crippen molar-refractivity contribution in [1.82, 2.24) is 0 Å². The van der Waals surface area contributed by atoms with Gasteiger partial charge in [0.25, 0.3) is 0 Å². The van der Waals surface area contributed by atoms with Crippen LogP contribution in [0.3, 0.4) is 0 Å². The number of ether oxygens (including phenoxy) is 2. The second-order valence-corrected chi connectivity index (χ2v) is 4.85. The summed E-state index contributed by atoms with van der Waals surface area (Å²) in [5.74, 6) is 0.684. The molecular weight excluding hydrogens is 260 g/mol. The Morgan fingerprint density at radius 2 is 2.35 bits per heavy atom. The van der Waals surface area contributed by atoms with Crippen LogP contribution in [0, 0.1) is 16.0 Å². The van der Waals surface area contributed by atoms with Gasteiger partial charge in [-0.2, -0.15) is 0 Å². The van der Waals surface area contributed by atoms with Gasteiger partial charge in [0.2, 0.25) is 0 Å². The predicted molar refractivity (Wildman–Crippen MR) is 76.3 cm³/mol. The number of nitro groups is 1. The number of benzene rings is 1. The highest BCUT2D eigenvalue weighted by atomic mass is 16.6. The van der Waals surface area contributed by atoms with Crippen LogP contribution in [0.5, 0.6) is 5.75 Å². The summed E-state index contributed by atoms with van der Waals surface area (Å²) in [6, 6.07) is 5.09. The third-order valence-corrected chi connectivity index (χ3v) is 3.57. The standard InChI is InChI=1S/C14H20N2O4/c1-3-19-13-6-4-5-12(14(13)16(17)18)15-9-11-7-8-20-10(11)2/h4-6,10-11,15H,3,7-9H2,1-2H3. The Morgan fingerprint density at radius 1 is 1.55 bits per heavy atom. The van der Waals surface area contributed by atoms with Crippen molar-refractivity contribution in [3.05, 3.63) is 28.3 Å². The first-order valence-electron chi connectivity index (χ1n) is 6.89. The molecule has 0 spiro atoms. The quantitative estimate of drug-likeness (QED) is 0.640. The molecule has 0 aliphatic carbocycles. The first-order valence-corrected chi connectivity index (χ1v) is 6.89. The summed E-state index contributed by atoms with van der Waals surface area (Å²) in [5.41, 5.74) is 0.501. The number of nitrogens with zero attached hydrogens (tertiary/aromatic N) is 1. The maximum Gasteiger partial charge on any atom is 0.333 e. The minimum Gasteiger partial charge on any atom is -0.487 e. The molecule has 20 heavy (non-hydrogen) atoms. The third-order valence-electron chi connectivity index (χ3n) is 3.57. The Morgan fingerprint density at radius 3 is 2.95 bits per heavy atom. The highest BCUT2D eigenvalue weighted by Gasteiger charge is 2.26. The molecule has 6 heteroatoms. The Hall–Kier alpha value is -1.82. The molecular formula is C14H20N2O4. The van der Waals surface area contributed by atoms with E-state index in [-0.39, 0.29) is 11.8 Å². The molecule has 1 aromatic rings. The predicted octanol–water partition coefficient (Wildman–Crippen LogP) is 2.83. The van der Waals surface area contributed by atoms with Crippen LogP contribution in [0.1, 0.15) is 20.3 Å². The van der Waals surface area contributed by atoms with Crippen molar-refractivity contribution in [1.29, 1.82) is 0 Å². The number of hydrogen-bond donors (Lipinski definition) is 1. The zero-order valence-electron chi connectivity index (χ0n) is 11.8. The van der Waals surface area contributed by atoms with Gasteiger partial charge in [0.15, 0.2) is 5.75 Å². The van der Waals surface area contributed by atoms with Crippen LogP contribution in [0.2, 0.25) is 0 Å². The highest BCUT2D eigenvalue weighted by molar-refractivity contribution is 5.68. The van der Waals surface area contributed by atoms with Crippen LogP contribution < -0.4 is 10.1 Å². The Bertz CT molecular complexity index is 478. The minimum absolute atomic E-state index is 0.000850. The molecule has 2 unspecified atom stereocenters. The molecule has 1 aliphatic heterocycles. The maximum absolute atomic E-state index is 11.2. The summed E-state index contributed by atoms with van der Waals surface area (Å²) in [6.07, 6.45) is 1.17. The Kier molecular flexibility index (Phi) is 4.79. The van der Waals surface area contributed by atoms with Crippen LogP contribution >= 0.6 is 0 Å². The van der Waals surface area contributed by atoms with Crippen LogP contribution in [-0.4, -0.2) is 30.8 Å². The van der Waals surface area contributed by atoms with E-state index in [0.717, 1.165) is 13.0 Å². The van der Waals surface area contributed by atoms with Crippen molar-refractivity contribution in [3.8, 4) is 5.75 Å². The fourth-order valence-electron chi connectivity index (χ4n) is 2.41. The SMILES string of the molecule is CCOc1cccc(NCC2CCOC2C)c1[N+](=O)[O-]. The van der Waals surface area contributed by atoms with Gasteiger partial charge in [0, 0.05) is 19.1 Å². The molecule has 0 saturated carbocycles. The zero-order valence-corrected chi connectivity index (χ0v) is 11.8. The smallest absolute Gasteiger partial charge is 0.333 e. The number of rotatable bonds is 6. The van der Waals surface area contributed by atoms with Gasteiger partial charge in [-0.3, -0.25) is 10.1 Å². The van der Waals surface area contributed by atoms with E-state index >= 15 is 0 Å². The van der Waals surface area contributed by atoms with Gasteiger partial charge in [-0.15, -0.1) is 0 Å². The Balaban J connectivity index is 2.13. The molecule has 2 rings (SSSR count). The van der Waals surface area contributed by atoms with Crippen LogP contribution in [-0.2, 0) is 4.74 Å². The molecule has 6 nitrogen and oxygen atoms in total. The first kappa shape index (κ1) is 14.6. The van der Waals surface area contributed by atoms with Gasteiger partial charge in [-0.25, -0.2) is 0 Å². The van der Waals surface area contributed by atoms with Crippen LogP contribution in [0.25, 0.3) is 0 Å². The fraction of sp³-hybridized carbons (Fsp3) is 0.571. The first-order chi connectivity index (χ1) is 9.63. The van der Waals surface area contributed by atoms with Crippen molar-refractivity contribution in [3.63, 3.8) is 0 Å². The van der Waals surface area contributed by atoms with Crippen molar-refractivity contribution in [2.45, 2.75) is 26.4 Å². The van der Waals surface area contributed by atoms with Gasteiger partial charge in [-0.05, 0) is 32.4 Å². The number of nitrogens with one attached hydrogen (secondary N) is 1. The van der Waals surface area contributed by atoms with E-state index in [1.807, 2.05) is 6.92 Å². The highest BCUT2D eigenvalue weighted by Crippen LogP contribution is 2.35. The monoisotopic (exact) mass is 280 g/mol. The topological polar surface area (TPSA) is 73.6 Å². The molecule has 0 amide bonds. The molecule has 1 fully saturated rings. The summed E-state index contributed by atoms with van der Waals surface area (Å²) in [7, 11) is 0. The molecule has 1 aromatic carbocycles. The average Bonchev–Trinajstić information content (AvgIpc) is 2.82. The van der Waals surface area contributed by atoms with E-state index in [2.05, 4.69) is 5.32 Å². The van der Waals surface area contributed by atoms with Crippen molar-refractivity contribution in [2.24, 2.45) is 5.92 Å². The van der Waals surface area contributed by atoms with E-state index in [0.29, 0.717) is 30.5 Å². The lowest BCUT2D eigenvalue weighted by atomic mass is 10.0. The molecule has 110 valence electrons. The summed E-state index contributed by atoms with van der Waals surface area (Å²) in [5, 5.41) is 14.4. The second kappa shape index (κ2) is 6.56. The maximum atomic E-state index is 11.2. The van der Waals surface area contributed by atoms with Crippen molar-refractivity contribution < 1.29 is 14.4 Å². The summed E-state index contributed by atoms with van der Waals surface area (Å²) >= 11 is 0. The molecule has 0 aromatic heterocycles. The normalized spacial score (nSPS) is 21.7. The molecule has 0 bridgehead atoms. The van der Waals surface area contributed by atoms with Crippen LogP contribution in [0.15, 0.2) is 18.2 Å². The van der Waals surface area contributed by atoms with Gasteiger partial charge in [-0.1, -0.05) is 6.07 Å². The number of nitro benzene ring substituents is 1. The van der Waals surface area contributed by atoms with Gasteiger partial charge < -0.3 is 14.8 Å². The van der Waals surface area contributed by atoms with Crippen molar-refractivity contribution >= 4 is 11.4 Å². The van der Waals surface area contributed by atoms with Crippen molar-refractivity contribution in [2.75, 3.05) is 25.1 Å². The molecule has 1 N–H and O–H groups in total. The lowest BCUT2D eigenvalue weighted by molar-refractivity contribution is -0.384. The summed E-state index contributed by atoms with van der Waals surface area (Å²) in [4.78, 5) is 10.8. The fourth-order valence-corrected chi connectivity index (χ4v) is 2.41. The number of anilines is 1. The van der Waals surface area contributed by atoms with Gasteiger partial charge in [0.05, 0.1) is 17.6 Å². The average molecular weight is 280 g/mol. The number of hydrogen-bond acceptors (Lipinski definition) is 5. The largest absolute Gasteiger partial charge is 0.487 e. The Labute approximate surface area is 118 Å².